The van der Waals surface area contributed by atoms with Crippen LogP contribution in [0, 0.1) is 0 Å². The normalized spacial score (nSPS) is 19.9. The van der Waals surface area contributed by atoms with Crippen LogP contribution in [0.3, 0.4) is 0 Å². The van der Waals surface area contributed by atoms with Crippen LogP contribution in [0.25, 0.3) is 10.8 Å². The summed E-state index contributed by atoms with van der Waals surface area (Å²) in [6.07, 6.45) is -0.195. The van der Waals surface area contributed by atoms with Gasteiger partial charge in [0, 0.05) is 0 Å². The van der Waals surface area contributed by atoms with Crippen molar-refractivity contribution in [3.05, 3.63) is 48.0 Å². The van der Waals surface area contributed by atoms with Crippen molar-refractivity contribution in [2.24, 2.45) is 10.7 Å². The first-order valence-corrected chi connectivity index (χ1v) is 6.74. The van der Waals surface area contributed by atoms with Gasteiger partial charge in [-0.3, -0.25) is 0 Å². The van der Waals surface area contributed by atoms with E-state index in [0.29, 0.717) is 0 Å². The predicted octanol–water partition coefficient (Wildman–Crippen LogP) is 3.20. The molecule has 2 aromatic carbocycles. The second-order valence-electron chi connectivity index (χ2n) is 6.04. The van der Waals surface area contributed by atoms with Gasteiger partial charge in [-0.25, -0.2) is 4.99 Å². The van der Waals surface area contributed by atoms with Gasteiger partial charge in [-0.1, -0.05) is 36.4 Å². The van der Waals surface area contributed by atoms with Crippen molar-refractivity contribution in [2.75, 3.05) is 0 Å². The molecule has 1 aliphatic rings. The lowest BCUT2D eigenvalue weighted by Gasteiger charge is -2.33. The number of aliphatic imine (C=N–C) groups is 1. The number of hydrogen-bond donors (Lipinski definition) is 1. The lowest BCUT2D eigenvalue weighted by atomic mass is 10.0. The Bertz CT molecular complexity index is 673. The van der Waals surface area contributed by atoms with Crippen LogP contribution in [0.5, 0.6) is 0 Å². The molecule has 3 rings (SSSR count). The van der Waals surface area contributed by atoms with Crippen molar-refractivity contribution in [3.8, 4) is 0 Å². The fraction of sp³-hybridized carbons (Fsp3) is 0.312. The van der Waals surface area contributed by atoms with Crippen molar-refractivity contribution in [3.63, 3.8) is 0 Å². The molecule has 1 unspecified atom stereocenters. The maximum Gasteiger partial charge on any atom is 0.304 e. The zero-order valence-electron chi connectivity index (χ0n) is 12.0. The summed E-state index contributed by atoms with van der Waals surface area (Å²) in [6, 6.07) is 14.8. The summed E-state index contributed by atoms with van der Waals surface area (Å²) in [6.45, 7) is 6.24. The summed E-state index contributed by atoms with van der Waals surface area (Å²) >= 11 is 0. The molecule has 4 nitrogen and oxygen atoms in total. The average Bonchev–Trinajstić information content (AvgIpc) is 2.80. The molecule has 0 fully saturated rings. The lowest BCUT2D eigenvalue weighted by Crippen LogP contribution is -2.41. The third-order valence-electron chi connectivity index (χ3n) is 3.40. The Balaban J connectivity index is 2.04. The maximum absolute atomic E-state index is 5.75. The second kappa shape index (κ2) is 4.49. The van der Waals surface area contributed by atoms with E-state index in [1.807, 2.05) is 17.2 Å². The number of hydroxylamine groups is 2. The molecule has 20 heavy (non-hydrogen) atoms. The van der Waals surface area contributed by atoms with E-state index in [1.54, 1.807) is 0 Å². The predicted molar refractivity (Wildman–Crippen MR) is 81.0 cm³/mol. The Kier molecular flexibility index (Phi) is 2.91. The molecule has 0 aromatic heterocycles. The summed E-state index contributed by atoms with van der Waals surface area (Å²) in [4.78, 5) is 9.98. The third-order valence-corrected chi connectivity index (χ3v) is 3.40. The maximum atomic E-state index is 5.75. The number of amidine groups is 1. The molecule has 2 aromatic rings. The lowest BCUT2D eigenvalue weighted by molar-refractivity contribution is -0.151. The average molecular weight is 269 g/mol. The van der Waals surface area contributed by atoms with Gasteiger partial charge in [0.15, 0.2) is 6.17 Å². The van der Waals surface area contributed by atoms with Gasteiger partial charge in [-0.15, -0.1) is 5.06 Å². The first kappa shape index (κ1) is 12.9. The Morgan fingerprint density at radius 3 is 2.50 bits per heavy atom. The molecule has 4 heteroatoms. The standard InChI is InChI=1S/C16H19N3O/c1-16(2,3)19-14(18-15(17)20-19)13-9-8-11-6-4-5-7-12(11)10-13/h4-10,14H,1-3H3,(H2,17,18). The number of rotatable bonds is 1. The van der Waals surface area contributed by atoms with Crippen LogP contribution >= 0.6 is 0 Å². The number of hydrogen-bond acceptors (Lipinski definition) is 4. The summed E-state index contributed by atoms with van der Waals surface area (Å²) in [5, 5.41) is 4.25. The van der Waals surface area contributed by atoms with E-state index in [0.717, 1.165) is 5.56 Å². The van der Waals surface area contributed by atoms with Gasteiger partial charge in [0.1, 0.15) is 0 Å². The molecule has 1 atom stereocenters. The Morgan fingerprint density at radius 2 is 1.80 bits per heavy atom. The van der Waals surface area contributed by atoms with Gasteiger partial charge in [-0.05, 0) is 43.2 Å². The van der Waals surface area contributed by atoms with Crippen LogP contribution < -0.4 is 5.73 Å². The zero-order chi connectivity index (χ0) is 14.3. The van der Waals surface area contributed by atoms with E-state index in [1.165, 1.54) is 10.8 Å². The second-order valence-corrected chi connectivity index (χ2v) is 6.04. The first-order chi connectivity index (χ1) is 9.45. The number of nitrogens with two attached hydrogens (primary N) is 1. The van der Waals surface area contributed by atoms with Crippen molar-refractivity contribution >= 4 is 16.8 Å². The van der Waals surface area contributed by atoms with E-state index in [-0.39, 0.29) is 17.7 Å². The van der Waals surface area contributed by atoms with Gasteiger partial charge in [0.25, 0.3) is 0 Å². The van der Waals surface area contributed by atoms with E-state index < -0.39 is 0 Å². The van der Waals surface area contributed by atoms with Crippen LogP contribution in [-0.4, -0.2) is 16.6 Å². The fourth-order valence-corrected chi connectivity index (χ4v) is 2.43. The largest absolute Gasteiger partial charge is 0.365 e. The fourth-order valence-electron chi connectivity index (χ4n) is 2.43. The summed E-state index contributed by atoms with van der Waals surface area (Å²) < 4.78 is 0. The SMILES string of the molecule is CC(C)(C)N1OC(N)=NC1c1ccc2ccccc2c1. The highest BCUT2D eigenvalue weighted by Gasteiger charge is 2.37. The molecule has 0 radical (unpaired) electrons. The van der Waals surface area contributed by atoms with Crippen molar-refractivity contribution in [1.82, 2.24) is 5.06 Å². The topological polar surface area (TPSA) is 50.9 Å². The highest BCUT2D eigenvalue weighted by atomic mass is 16.7. The highest BCUT2D eigenvalue weighted by molar-refractivity contribution is 5.83. The number of benzene rings is 2. The molecular weight excluding hydrogens is 250 g/mol. The molecule has 0 spiro atoms. The molecule has 104 valence electrons. The minimum Gasteiger partial charge on any atom is -0.365 e. The van der Waals surface area contributed by atoms with Gasteiger partial charge in [0.05, 0.1) is 5.54 Å². The van der Waals surface area contributed by atoms with Gasteiger partial charge >= 0.3 is 6.02 Å². The van der Waals surface area contributed by atoms with Crippen LogP contribution in [0.15, 0.2) is 47.5 Å². The minimum absolute atomic E-state index is 0.180. The highest BCUT2D eigenvalue weighted by Crippen LogP contribution is 2.34. The molecule has 2 N–H and O–H groups in total. The molecule has 0 saturated heterocycles. The molecule has 0 amide bonds. The summed E-state index contributed by atoms with van der Waals surface area (Å²) in [7, 11) is 0. The van der Waals surface area contributed by atoms with E-state index in [2.05, 4.69) is 56.1 Å². The van der Waals surface area contributed by atoms with Crippen molar-refractivity contribution in [1.29, 1.82) is 0 Å². The van der Waals surface area contributed by atoms with Crippen LogP contribution in [0.1, 0.15) is 32.5 Å². The van der Waals surface area contributed by atoms with Gasteiger partial charge < -0.3 is 10.6 Å². The van der Waals surface area contributed by atoms with E-state index in [9.17, 15) is 0 Å². The molecule has 1 aliphatic heterocycles. The molecule has 1 heterocycles. The quantitative estimate of drug-likeness (QED) is 0.865. The third kappa shape index (κ3) is 2.23. The smallest absolute Gasteiger partial charge is 0.304 e. The minimum atomic E-state index is -0.195. The molecule has 0 saturated carbocycles. The number of nitrogens with zero attached hydrogens (tertiary/aromatic N) is 2. The summed E-state index contributed by atoms with van der Waals surface area (Å²) in [5.41, 5.74) is 6.65. The van der Waals surface area contributed by atoms with Crippen molar-refractivity contribution in [2.45, 2.75) is 32.5 Å². The van der Waals surface area contributed by atoms with Crippen LogP contribution in [-0.2, 0) is 4.84 Å². The van der Waals surface area contributed by atoms with E-state index >= 15 is 0 Å². The van der Waals surface area contributed by atoms with Crippen LogP contribution in [0.4, 0.5) is 0 Å². The first-order valence-electron chi connectivity index (χ1n) is 6.74. The van der Waals surface area contributed by atoms with Gasteiger partial charge in [0.2, 0.25) is 0 Å². The monoisotopic (exact) mass is 269 g/mol. The molecule has 0 aliphatic carbocycles. The summed E-state index contributed by atoms with van der Waals surface area (Å²) in [5.74, 6) is 0. The van der Waals surface area contributed by atoms with Crippen LogP contribution in [0.2, 0.25) is 0 Å². The Labute approximate surface area is 118 Å². The molecular formula is C16H19N3O. The van der Waals surface area contributed by atoms with Gasteiger partial charge in [-0.2, -0.15) is 0 Å². The zero-order valence-corrected chi connectivity index (χ0v) is 12.0. The van der Waals surface area contributed by atoms with E-state index in [4.69, 9.17) is 10.6 Å². The molecule has 0 bridgehead atoms. The van der Waals surface area contributed by atoms with Crippen molar-refractivity contribution < 1.29 is 4.84 Å². The number of fused-ring (bicyclic) bond motifs is 1. The Morgan fingerprint density at radius 1 is 1.10 bits per heavy atom. The Hall–Kier alpha value is -2.07.